The summed E-state index contributed by atoms with van der Waals surface area (Å²) in [6.45, 7) is 0. The number of nitrogens with zero attached hydrogens (tertiary/aromatic N) is 1. The largest absolute Gasteiger partial charge is 0.486 e. The first-order valence-electron chi connectivity index (χ1n) is 5.21. The Kier molecular flexibility index (Phi) is 3.44. The van der Waals surface area contributed by atoms with Crippen LogP contribution in [0.2, 0.25) is 5.02 Å². The molecular weight excluding hydrogens is 214 g/mol. The van der Waals surface area contributed by atoms with E-state index in [1.807, 2.05) is 0 Å². The Morgan fingerprint density at radius 3 is 2.87 bits per heavy atom. The Bertz CT molecular complexity index is 332. The molecule has 0 radical (unpaired) electrons. The standard InChI is InChI=1S/C11H14ClNO2/c12-8-5-9(7-13-6-8)15-11-4-2-1-3-10(11)14/h5-7,10-11,14H,1-4H2/t10-,11-/m0/s1. The number of aromatic nitrogens is 1. The minimum atomic E-state index is -0.363. The highest BCUT2D eigenvalue weighted by Gasteiger charge is 2.24. The normalized spacial score (nSPS) is 26.3. The maximum atomic E-state index is 9.72. The summed E-state index contributed by atoms with van der Waals surface area (Å²) in [5.41, 5.74) is 0. The maximum absolute atomic E-state index is 9.72. The summed E-state index contributed by atoms with van der Waals surface area (Å²) in [5.74, 6) is 0.633. The van der Waals surface area contributed by atoms with E-state index in [4.69, 9.17) is 16.3 Å². The zero-order valence-electron chi connectivity index (χ0n) is 8.40. The van der Waals surface area contributed by atoms with E-state index in [1.54, 1.807) is 18.5 Å². The molecule has 0 aliphatic heterocycles. The van der Waals surface area contributed by atoms with Crippen LogP contribution in [0.5, 0.6) is 5.75 Å². The summed E-state index contributed by atoms with van der Waals surface area (Å²) >= 11 is 5.79. The molecule has 1 aromatic rings. The van der Waals surface area contributed by atoms with Crippen molar-refractivity contribution in [3.63, 3.8) is 0 Å². The van der Waals surface area contributed by atoms with Crippen molar-refractivity contribution in [2.24, 2.45) is 0 Å². The SMILES string of the molecule is O[C@H]1CCCC[C@@H]1Oc1cncc(Cl)c1. The first kappa shape index (κ1) is 10.7. The fourth-order valence-corrected chi connectivity index (χ4v) is 2.01. The molecule has 0 aromatic carbocycles. The van der Waals surface area contributed by atoms with Gasteiger partial charge in [-0.15, -0.1) is 0 Å². The molecule has 0 amide bonds. The smallest absolute Gasteiger partial charge is 0.139 e. The van der Waals surface area contributed by atoms with Gasteiger partial charge in [0.15, 0.2) is 0 Å². The van der Waals surface area contributed by atoms with E-state index in [1.165, 1.54) is 0 Å². The van der Waals surface area contributed by atoms with Gasteiger partial charge in [-0.3, -0.25) is 4.98 Å². The number of pyridine rings is 1. The summed E-state index contributed by atoms with van der Waals surface area (Å²) in [6, 6.07) is 1.72. The molecule has 15 heavy (non-hydrogen) atoms. The Morgan fingerprint density at radius 1 is 1.33 bits per heavy atom. The van der Waals surface area contributed by atoms with Gasteiger partial charge >= 0.3 is 0 Å². The molecule has 0 saturated heterocycles. The van der Waals surface area contributed by atoms with Gasteiger partial charge < -0.3 is 9.84 Å². The third-order valence-corrected chi connectivity index (χ3v) is 2.84. The summed E-state index contributed by atoms with van der Waals surface area (Å²) in [6.07, 6.45) is 6.60. The maximum Gasteiger partial charge on any atom is 0.139 e. The van der Waals surface area contributed by atoms with Crippen LogP contribution in [-0.4, -0.2) is 22.3 Å². The van der Waals surface area contributed by atoms with Gasteiger partial charge in [0.1, 0.15) is 11.9 Å². The van der Waals surface area contributed by atoms with Crippen LogP contribution in [0.4, 0.5) is 0 Å². The molecule has 1 aliphatic carbocycles. The number of halogens is 1. The predicted octanol–water partition coefficient (Wildman–Crippen LogP) is 2.42. The van der Waals surface area contributed by atoms with Gasteiger partial charge in [0.25, 0.3) is 0 Å². The molecule has 1 aromatic heterocycles. The molecule has 1 fully saturated rings. The molecule has 1 aliphatic rings. The van der Waals surface area contributed by atoms with Crippen LogP contribution in [0.3, 0.4) is 0 Å². The number of hydrogen-bond donors (Lipinski definition) is 1. The van der Waals surface area contributed by atoms with Crippen molar-refractivity contribution in [2.45, 2.75) is 37.9 Å². The van der Waals surface area contributed by atoms with Crippen LogP contribution in [0.15, 0.2) is 18.5 Å². The predicted molar refractivity (Wildman–Crippen MR) is 58.1 cm³/mol. The second-order valence-corrected chi connectivity index (χ2v) is 4.28. The molecule has 0 spiro atoms. The van der Waals surface area contributed by atoms with Gasteiger partial charge in [0.05, 0.1) is 17.3 Å². The highest BCUT2D eigenvalue weighted by Crippen LogP contribution is 2.24. The Hall–Kier alpha value is -0.800. The van der Waals surface area contributed by atoms with Crippen molar-refractivity contribution in [2.75, 3.05) is 0 Å². The average molecular weight is 228 g/mol. The van der Waals surface area contributed by atoms with E-state index in [0.29, 0.717) is 10.8 Å². The lowest BCUT2D eigenvalue weighted by Crippen LogP contribution is -2.34. The van der Waals surface area contributed by atoms with Gasteiger partial charge in [0.2, 0.25) is 0 Å². The highest BCUT2D eigenvalue weighted by atomic mass is 35.5. The van der Waals surface area contributed by atoms with E-state index in [-0.39, 0.29) is 12.2 Å². The Morgan fingerprint density at radius 2 is 2.13 bits per heavy atom. The van der Waals surface area contributed by atoms with E-state index >= 15 is 0 Å². The molecule has 1 saturated carbocycles. The lowest BCUT2D eigenvalue weighted by molar-refractivity contribution is 0.00670. The highest BCUT2D eigenvalue weighted by molar-refractivity contribution is 6.30. The Labute approximate surface area is 94.0 Å². The van der Waals surface area contributed by atoms with E-state index < -0.39 is 0 Å². The quantitative estimate of drug-likeness (QED) is 0.844. The molecule has 82 valence electrons. The molecular formula is C11H14ClNO2. The van der Waals surface area contributed by atoms with Gasteiger partial charge in [-0.1, -0.05) is 18.0 Å². The molecule has 1 heterocycles. The van der Waals surface area contributed by atoms with Crippen LogP contribution in [0.1, 0.15) is 25.7 Å². The molecule has 2 rings (SSSR count). The fourth-order valence-electron chi connectivity index (χ4n) is 1.85. The van der Waals surface area contributed by atoms with Crippen molar-refractivity contribution in [1.29, 1.82) is 0 Å². The van der Waals surface area contributed by atoms with Crippen LogP contribution >= 0.6 is 11.6 Å². The number of aliphatic hydroxyl groups excluding tert-OH is 1. The van der Waals surface area contributed by atoms with Gasteiger partial charge in [-0.2, -0.15) is 0 Å². The number of rotatable bonds is 2. The topological polar surface area (TPSA) is 42.4 Å². The molecule has 3 nitrogen and oxygen atoms in total. The molecule has 4 heteroatoms. The second-order valence-electron chi connectivity index (χ2n) is 3.85. The average Bonchev–Trinajstić information content (AvgIpc) is 2.22. The lowest BCUT2D eigenvalue weighted by atomic mass is 9.95. The van der Waals surface area contributed by atoms with Crippen molar-refractivity contribution in [3.8, 4) is 5.75 Å². The number of hydrogen-bond acceptors (Lipinski definition) is 3. The van der Waals surface area contributed by atoms with Gasteiger partial charge in [-0.05, 0) is 19.3 Å². The molecule has 0 bridgehead atoms. The number of aliphatic hydroxyl groups is 1. The van der Waals surface area contributed by atoms with E-state index in [0.717, 1.165) is 25.7 Å². The zero-order valence-corrected chi connectivity index (χ0v) is 9.15. The van der Waals surface area contributed by atoms with E-state index in [9.17, 15) is 5.11 Å². The minimum Gasteiger partial charge on any atom is -0.486 e. The molecule has 2 atom stereocenters. The molecule has 0 unspecified atom stereocenters. The van der Waals surface area contributed by atoms with Crippen LogP contribution < -0.4 is 4.74 Å². The second kappa shape index (κ2) is 4.81. The van der Waals surface area contributed by atoms with Crippen LogP contribution in [-0.2, 0) is 0 Å². The van der Waals surface area contributed by atoms with Crippen molar-refractivity contribution >= 4 is 11.6 Å². The zero-order chi connectivity index (χ0) is 10.7. The Balaban J connectivity index is 2.01. The van der Waals surface area contributed by atoms with Gasteiger partial charge in [0, 0.05) is 12.3 Å². The summed E-state index contributed by atoms with van der Waals surface area (Å²) in [5, 5.41) is 10.3. The van der Waals surface area contributed by atoms with E-state index in [2.05, 4.69) is 4.98 Å². The summed E-state index contributed by atoms with van der Waals surface area (Å²) in [7, 11) is 0. The monoisotopic (exact) mass is 227 g/mol. The van der Waals surface area contributed by atoms with Crippen LogP contribution in [0.25, 0.3) is 0 Å². The third-order valence-electron chi connectivity index (χ3n) is 2.63. The van der Waals surface area contributed by atoms with Crippen molar-refractivity contribution in [1.82, 2.24) is 4.98 Å². The van der Waals surface area contributed by atoms with Crippen molar-refractivity contribution < 1.29 is 9.84 Å². The first-order chi connectivity index (χ1) is 7.25. The fraction of sp³-hybridized carbons (Fsp3) is 0.545. The number of ether oxygens (including phenoxy) is 1. The third kappa shape index (κ3) is 2.83. The van der Waals surface area contributed by atoms with Gasteiger partial charge in [-0.25, -0.2) is 0 Å². The first-order valence-corrected chi connectivity index (χ1v) is 5.59. The summed E-state index contributed by atoms with van der Waals surface area (Å²) in [4.78, 5) is 3.94. The van der Waals surface area contributed by atoms with Crippen molar-refractivity contribution in [3.05, 3.63) is 23.5 Å². The molecule has 1 N–H and O–H groups in total. The summed E-state index contributed by atoms with van der Waals surface area (Å²) < 4.78 is 5.65. The van der Waals surface area contributed by atoms with Crippen LogP contribution in [0, 0.1) is 0 Å². The lowest BCUT2D eigenvalue weighted by Gasteiger charge is -2.28. The minimum absolute atomic E-state index is 0.112.